The molecular weight excluding hydrogens is 264 g/mol. The van der Waals surface area contributed by atoms with E-state index in [1.54, 1.807) is 6.07 Å². The summed E-state index contributed by atoms with van der Waals surface area (Å²) in [5, 5.41) is 0. The molecule has 3 rings (SSSR count). The molecular formula is C16H24N4O. The van der Waals surface area contributed by atoms with Crippen LogP contribution in [0.3, 0.4) is 0 Å². The Balaban J connectivity index is 1.74. The van der Waals surface area contributed by atoms with Gasteiger partial charge in [-0.25, -0.2) is 4.98 Å². The first-order valence-corrected chi connectivity index (χ1v) is 7.97. The fourth-order valence-electron chi connectivity index (χ4n) is 3.44. The van der Waals surface area contributed by atoms with Crippen LogP contribution in [-0.2, 0) is 6.42 Å². The lowest BCUT2D eigenvalue weighted by molar-refractivity contribution is 0.0372. The van der Waals surface area contributed by atoms with Gasteiger partial charge in [-0.15, -0.1) is 0 Å². The molecule has 2 saturated heterocycles. The number of nitrogens with two attached hydrogens (primary N) is 1. The first kappa shape index (κ1) is 14.3. The Kier molecular flexibility index (Phi) is 4.10. The second-order valence-electron chi connectivity index (χ2n) is 6.06. The third-order valence-corrected chi connectivity index (χ3v) is 4.63. The highest BCUT2D eigenvalue weighted by atomic mass is 16.2. The van der Waals surface area contributed by atoms with Crippen LogP contribution in [0.15, 0.2) is 12.1 Å². The number of anilines is 1. The second-order valence-corrected chi connectivity index (χ2v) is 6.06. The number of pyridine rings is 1. The van der Waals surface area contributed by atoms with E-state index in [9.17, 15) is 4.79 Å². The summed E-state index contributed by atoms with van der Waals surface area (Å²) in [5.41, 5.74) is 7.39. The zero-order chi connectivity index (χ0) is 14.8. The minimum absolute atomic E-state index is 0.101. The molecule has 1 unspecified atom stereocenters. The molecule has 0 saturated carbocycles. The van der Waals surface area contributed by atoms with E-state index in [2.05, 4.69) is 9.88 Å². The number of carbonyl (C=O) groups is 1. The summed E-state index contributed by atoms with van der Waals surface area (Å²) in [5.74, 6) is 0.540. The molecule has 2 aliphatic heterocycles. The predicted octanol–water partition coefficient (Wildman–Crippen LogP) is 1.54. The minimum Gasteiger partial charge on any atom is -0.384 e. The number of hydrogen-bond acceptors (Lipinski definition) is 4. The van der Waals surface area contributed by atoms with Gasteiger partial charge < -0.3 is 10.6 Å². The molecule has 1 aromatic rings. The number of hydrogen-bond donors (Lipinski definition) is 1. The van der Waals surface area contributed by atoms with Crippen molar-refractivity contribution in [3.05, 3.63) is 23.4 Å². The SMILES string of the molecule is CCc1cc(C(=O)N2CCN3CCCCC3C2)cc(N)n1. The number of fused-ring (bicyclic) bond motifs is 1. The first-order valence-electron chi connectivity index (χ1n) is 7.97. The van der Waals surface area contributed by atoms with Crippen LogP contribution in [-0.4, -0.2) is 52.9 Å². The van der Waals surface area contributed by atoms with E-state index in [0.717, 1.165) is 31.7 Å². The van der Waals surface area contributed by atoms with Crippen LogP contribution in [0.1, 0.15) is 42.2 Å². The van der Waals surface area contributed by atoms with Crippen molar-refractivity contribution in [3.8, 4) is 0 Å². The van der Waals surface area contributed by atoms with E-state index in [1.807, 2.05) is 17.9 Å². The minimum atomic E-state index is 0.101. The van der Waals surface area contributed by atoms with E-state index in [1.165, 1.54) is 25.8 Å². The molecule has 1 atom stereocenters. The van der Waals surface area contributed by atoms with E-state index in [4.69, 9.17) is 5.73 Å². The van der Waals surface area contributed by atoms with Gasteiger partial charge in [-0.2, -0.15) is 0 Å². The van der Waals surface area contributed by atoms with Gasteiger partial charge in [-0.1, -0.05) is 13.3 Å². The highest BCUT2D eigenvalue weighted by molar-refractivity contribution is 5.95. The molecule has 5 nitrogen and oxygen atoms in total. The Morgan fingerprint density at radius 1 is 1.33 bits per heavy atom. The van der Waals surface area contributed by atoms with Crippen molar-refractivity contribution in [1.82, 2.24) is 14.8 Å². The maximum Gasteiger partial charge on any atom is 0.254 e. The molecule has 0 aliphatic carbocycles. The number of carbonyl (C=O) groups excluding carboxylic acids is 1. The number of amides is 1. The van der Waals surface area contributed by atoms with Gasteiger partial charge in [0.1, 0.15) is 5.82 Å². The Morgan fingerprint density at radius 3 is 3.00 bits per heavy atom. The number of nitrogen functional groups attached to an aromatic ring is 1. The molecule has 3 heterocycles. The van der Waals surface area contributed by atoms with Crippen LogP contribution < -0.4 is 5.73 Å². The van der Waals surface area contributed by atoms with Crippen molar-refractivity contribution in [1.29, 1.82) is 0 Å². The molecule has 0 bridgehead atoms. The van der Waals surface area contributed by atoms with Crippen molar-refractivity contribution < 1.29 is 4.79 Å². The highest BCUT2D eigenvalue weighted by Crippen LogP contribution is 2.22. The third-order valence-electron chi connectivity index (χ3n) is 4.63. The molecule has 0 aromatic carbocycles. The van der Waals surface area contributed by atoms with Crippen molar-refractivity contribution in [2.75, 3.05) is 31.9 Å². The fraction of sp³-hybridized carbons (Fsp3) is 0.625. The van der Waals surface area contributed by atoms with Crippen LogP contribution >= 0.6 is 0 Å². The quantitative estimate of drug-likeness (QED) is 0.896. The van der Waals surface area contributed by atoms with Crippen molar-refractivity contribution in [2.24, 2.45) is 0 Å². The molecule has 0 spiro atoms. The molecule has 5 heteroatoms. The average Bonchev–Trinajstić information content (AvgIpc) is 2.53. The molecule has 114 valence electrons. The van der Waals surface area contributed by atoms with Crippen molar-refractivity contribution in [2.45, 2.75) is 38.6 Å². The first-order chi connectivity index (χ1) is 10.2. The zero-order valence-electron chi connectivity index (χ0n) is 12.7. The standard InChI is InChI=1S/C16H24N4O/c1-2-13-9-12(10-15(17)18-13)16(21)20-8-7-19-6-4-3-5-14(19)11-20/h9-10,14H,2-8,11H2,1H3,(H2,17,18). The summed E-state index contributed by atoms with van der Waals surface area (Å²) >= 11 is 0. The van der Waals surface area contributed by atoms with E-state index < -0.39 is 0 Å². The van der Waals surface area contributed by atoms with E-state index >= 15 is 0 Å². The lowest BCUT2D eigenvalue weighted by Crippen LogP contribution is -2.56. The van der Waals surface area contributed by atoms with Gasteiger partial charge in [0.25, 0.3) is 5.91 Å². The Hall–Kier alpha value is -1.62. The number of aryl methyl sites for hydroxylation is 1. The molecule has 1 amide bonds. The molecule has 0 radical (unpaired) electrons. The molecule has 2 N–H and O–H groups in total. The van der Waals surface area contributed by atoms with Gasteiger partial charge in [-0.05, 0) is 37.9 Å². The second kappa shape index (κ2) is 6.02. The van der Waals surface area contributed by atoms with Gasteiger partial charge in [0.05, 0.1) is 0 Å². The Bertz CT molecular complexity index is 531. The number of piperidine rings is 1. The molecule has 2 aliphatic rings. The Morgan fingerprint density at radius 2 is 2.19 bits per heavy atom. The lowest BCUT2D eigenvalue weighted by Gasteiger charge is -2.44. The lowest BCUT2D eigenvalue weighted by atomic mass is 9.99. The average molecular weight is 288 g/mol. The molecule has 21 heavy (non-hydrogen) atoms. The third kappa shape index (κ3) is 3.02. The number of piperazine rings is 1. The van der Waals surface area contributed by atoms with Gasteiger partial charge in [0, 0.05) is 36.9 Å². The highest BCUT2D eigenvalue weighted by Gasteiger charge is 2.31. The smallest absolute Gasteiger partial charge is 0.254 e. The number of nitrogens with zero attached hydrogens (tertiary/aromatic N) is 3. The summed E-state index contributed by atoms with van der Waals surface area (Å²) in [7, 11) is 0. The number of aromatic nitrogens is 1. The van der Waals surface area contributed by atoms with Gasteiger partial charge in [0.2, 0.25) is 0 Å². The maximum absolute atomic E-state index is 12.7. The van der Waals surface area contributed by atoms with Crippen molar-refractivity contribution in [3.63, 3.8) is 0 Å². The number of rotatable bonds is 2. The van der Waals surface area contributed by atoms with Crippen LogP contribution in [0.5, 0.6) is 0 Å². The van der Waals surface area contributed by atoms with Gasteiger partial charge >= 0.3 is 0 Å². The molecule has 1 aromatic heterocycles. The van der Waals surface area contributed by atoms with Gasteiger partial charge in [-0.3, -0.25) is 9.69 Å². The zero-order valence-corrected chi connectivity index (χ0v) is 12.7. The normalized spacial score (nSPS) is 22.9. The Labute approximate surface area is 126 Å². The van der Waals surface area contributed by atoms with E-state index in [-0.39, 0.29) is 5.91 Å². The maximum atomic E-state index is 12.7. The molecule has 2 fully saturated rings. The van der Waals surface area contributed by atoms with Gasteiger partial charge in [0.15, 0.2) is 0 Å². The van der Waals surface area contributed by atoms with Crippen LogP contribution in [0.2, 0.25) is 0 Å². The summed E-state index contributed by atoms with van der Waals surface area (Å²) in [6.45, 7) is 5.88. The summed E-state index contributed by atoms with van der Waals surface area (Å²) in [6, 6.07) is 4.13. The summed E-state index contributed by atoms with van der Waals surface area (Å²) in [4.78, 5) is 21.5. The van der Waals surface area contributed by atoms with E-state index in [0.29, 0.717) is 17.4 Å². The monoisotopic (exact) mass is 288 g/mol. The summed E-state index contributed by atoms with van der Waals surface area (Å²) in [6.07, 6.45) is 4.58. The largest absolute Gasteiger partial charge is 0.384 e. The fourth-order valence-corrected chi connectivity index (χ4v) is 3.44. The van der Waals surface area contributed by atoms with Crippen molar-refractivity contribution >= 4 is 11.7 Å². The summed E-state index contributed by atoms with van der Waals surface area (Å²) < 4.78 is 0. The van der Waals surface area contributed by atoms with Crippen LogP contribution in [0.25, 0.3) is 0 Å². The van der Waals surface area contributed by atoms with Crippen LogP contribution in [0, 0.1) is 0 Å². The van der Waals surface area contributed by atoms with Crippen LogP contribution in [0.4, 0.5) is 5.82 Å². The topological polar surface area (TPSA) is 62.5 Å². The predicted molar refractivity (Wildman–Crippen MR) is 83.1 cm³/mol.